The average molecular weight is 323 g/mol. The Morgan fingerprint density at radius 1 is 1.17 bits per heavy atom. The first-order chi connectivity index (χ1) is 11.6. The second-order valence-electron chi connectivity index (χ2n) is 5.25. The van der Waals surface area contributed by atoms with E-state index in [1.807, 2.05) is 12.1 Å². The van der Waals surface area contributed by atoms with Crippen LogP contribution in [0.1, 0.15) is 15.9 Å². The van der Waals surface area contributed by atoms with Gasteiger partial charge >= 0.3 is 0 Å². The molecule has 0 spiro atoms. The largest absolute Gasteiger partial charge is 0.350 e. The highest BCUT2D eigenvalue weighted by atomic mass is 19.1. The van der Waals surface area contributed by atoms with Gasteiger partial charge in [0.15, 0.2) is 0 Å². The van der Waals surface area contributed by atoms with Crippen LogP contribution in [-0.4, -0.2) is 16.7 Å². The Labute approximate surface area is 137 Å². The molecule has 0 unspecified atom stereocenters. The van der Waals surface area contributed by atoms with E-state index in [-0.39, 0.29) is 16.8 Å². The third-order valence-corrected chi connectivity index (χ3v) is 3.59. The Morgan fingerprint density at radius 2 is 1.88 bits per heavy atom. The molecule has 120 valence electrons. The van der Waals surface area contributed by atoms with Crippen LogP contribution in [0.2, 0.25) is 0 Å². The Bertz CT molecular complexity index is 991. The molecule has 0 atom stereocenters. The second-order valence-corrected chi connectivity index (χ2v) is 5.25. The molecule has 3 aromatic rings. The van der Waals surface area contributed by atoms with E-state index in [9.17, 15) is 14.0 Å². The monoisotopic (exact) mass is 323 g/mol. The van der Waals surface area contributed by atoms with E-state index in [1.165, 1.54) is 36.7 Å². The van der Waals surface area contributed by atoms with Crippen molar-refractivity contribution in [3.63, 3.8) is 0 Å². The summed E-state index contributed by atoms with van der Waals surface area (Å²) in [5, 5.41) is 4.27. The lowest BCUT2D eigenvalue weighted by molar-refractivity contribution is 0.0953. The number of hydrogen-bond donors (Lipinski definition) is 1. The normalized spacial score (nSPS) is 11.1. The number of halogens is 1. The molecule has 1 amide bonds. The van der Waals surface area contributed by atoms with Crippen LogP contribution < -0.4 is 10.9 Å². The molecule has 24 heavy (non-hydrogen) atoms. The summed E-state index contributed by atoms with van der Waals surface area (Å²) >= 11 is 0. The molecule has 1 heterocycles. The molecule has 0 aliphatic rings. The average Bonchev–Trinajstić information content (AvgIpc) is 2.60. The van der Waals surface area contributed by atoms with Crippen molar-refractivity contribution in [2.75, 3.05) is 0 Å². The van der Waals surface area contributed by atoms with Crippen molar-refractivity contribution in [1.29, 1.82) is 0 Å². The molecule has 0 aliphatic heterocycles. The number of aryl methyl sites for hydroxylation is 1. The molecule has 3 rings (SSSR count). The fourth-order valence-electron chi connectivity index (χ4n) is 2.38. The SMILES string of the molecule is Cn1cc(C(=O)NN=Cc2ccc(F)cc2)c(=O)c2ccccc21. The fraction of sp³-hybridized carbons (Fsp3) is 0.0556. The van der Waals surface area contributed by atoms with E-state index in [2.05, 4.69) is 10.5 Å². The van der Waals surface area contributed by atoms with Gasteiger partial charge in [-0.15, -0.1) is 0 Å². The van der Waals surface area contributed by atoms with E-state index in [1.54, 1.807) is 23.7 Å². The zero-order chi connectivity index (χ0) is 17.1. The highest BCUT2D eigenvalue weighted by Gasteiger charge is 2.13. The molecule has 1 N–H and O–H groups in total. The molecule has 5 nitrogen and oxygen atoms in total. The maximum Gasteiger partial charge on any atom is 0.276 e. The first-order valence-electron chi connectivity index (χ1n) is 7.23. The maximum atomic E-state index is 12.8. The lowest BCUT2D eigenvalue weighted by atomic mass is 10.1. The van der Waals surface area contributed by atoms with Gasteiger partial charge in [-0.05, 0) is 29.8 Å². The zero-order valence-corrected chi connectivity index (χ0v) is 12.9. The Morgan fingerprint density at radius 3 is 2.62 bits per heavy atom. The van der Waals surface area contributed by atoms with Gasteiger partial charge < -0.3 is 4.57 Å². The zero-order valence-electron chi connectivity index (χ0n) is 12.9. The van der Waals surface area contributed by atoms with Crippen LogP contribution in [0.5, 0.6) is 0 Å². The molecule has 0 fully saturated rings. The minimum absolute atomic E-state index is 0.00690. The van der Waals surface area contributed by atoms with Crippen LogP contribution >= 0.6 is 0 Å². The van der Waals surface area contributed by atoms with Gasteiger partial charge in [0.05, 0.1) is 11.7 Å². The summed E-state index contributed by atoms with van der Waals surface area (Å²) in [7, 11) is 1.76. The van der Waals surface area contributed by atoms with Gasteiger partial charge in [-0.2, -0.15) is 5.10 Å². The highest BCUT2D eigenvalue weighted by Crippen LogP contribution is 2.10. The van der Waals surface area contributed by atoms with E-state index in [4.69, 9.17) is 0 Å². The second kappa shape index (κ2) is 6.45. The van der Waals surface area contributed by atoms with Gasteiger partial charge in [0, 0.05) is 18.6 Å². The van der Waals surface area contributed by atoms with Gasteiger partial charge in [0.1, 0.15) is 11.4 Å². The van der Waals surface area contributed by atoms with Gasteiger partial charge in [0.25, 0.3) is 5.91 Å². The van der Waals surface area contributed by atoms with Gasteiger partial charge in [-0.1, -0.05) is 24.3 Å². The van der Waals surface area contributed by atoms with Crippen molar-refractivity contribution in [2.24, 2.45) is 12.1 Å². The Kier molecular flexibility index (Phi) is 4.20. The third-order valence-electron chi connectivity index (χ3n) is 3.59. The van der Waals surface area contributed by atoms with Gasteiger partial charge in [-0.3, -0.25) is 9.59 Å². The number of nitrogens with zero attached hydrogens (tertiary/aromatic N) is 2. The molecule has 1 aromatic heterocycles. The topological polar surface area (TPSA) is 63.5 Å². The summed E-state index contributed by atoms with van der Waals surface area (Å²) in [5.74, 6) is -0.949. The Balaban J connectivity index is 1.85. The summed E-state index contributed by atoms with van der Waals surface area (Å²) in [6.45, 7) is 0. The summed E-state index contributed by atoms with van der Waals surface area (Å²) in [5.41, 5.74) is 3.35. The maximum absolute atomic E-state index is 12.8. The van der Waals surface area contributed by atoms with Crippen LogP contribution in [0.4, 0.5) is 4.39 Å². The van der Waals surface area contributed by atoms with E-state index < -0.39 is 5.91 Å². The molecule has 6 heteroatoms. The van der Waals surface area contributed by atoms with Crippen molar-refractivity contribution < 1.29 is 9.18 Å². The minimum atomic E-state index is -0.597. The predicted molar refractivity (Wildman–Crippen MR) is 90.6 cm³/mol. The lowest BCUT2D eigenvalue weighted by Gasteiger charge is -2.07. The number of fused-ring (bicyclic) bond motifs is 1. The summed E-state index contributed by atoms with van der Waals surface area (Å²) in [4.78, 5) is 24.6. The number of benzene rings is 2. The van der Waals surface area contributed by atoms with E-state index >= 15 is 0 Å². The molecule has 0 saturated carbocycles. The predicted octanol–water partition coefficient (Wildman–Crippen LogP) is 2.44. The molecular weight excluding hydrogens is 309 g/mol. The summed E-state index contributed by atoms with van der Waals surface area (Å²) in [6.07, 6.45) is 2.86. The van der Waals surface area contributed by atoms with Crippen molar-refractivity contribution in [1.82, 2.24) is 9.99 Å². The number of rotatable bonds is 3. The minimum Gasteiger partial charge on any atom is -0.350 e. The number of hydrogen-bond acceptors (Lipinski definition) is 3. The Hall–Kier alpha value is -3.28. The van der Waals surface area contributed by atoms with Crippen molar-refractivity contribution >= 4 is 23.0 Å². The summed E-state index contributed by atoms with van der Waals surface area (Å²) < 4.78 is 14.5. The van der Waals surface area contributed by atoms with Gasteiger partial charge in [0.2, 0.25) is 5.43 Å². The number of pyridine rings is 1. The molecule has 2 aromatic carbocycles. The first kappa shape index (κ1) is 15.6. The number of carbonyl (C=O) groups excluding carboxylic acids is 1. The van der Waals surface area contributed by atoms with Crippen molar-refractivity contribution in [2.45, 2.75) is 0 Å². The van der Waals surface area contributed by atoms with Crippen LogP contribution in [0, 0.1) is 5.82 Å². The molecular formula is C18H14FN3O2. The number of carbonyl (C=O) groups is 1. The smallest absolute Gasteiger partial charge is 0.276 e. The number of hydrazone groups is 1. The van der Waals surface area contributed by atoms with Crippen LogP contribution in [0.3, 0.4) is 0 Å². The van der Waals surface area contributed by atoms with Crippen LogP contribution in [0.15, 0.2) is 64.6 Å². The first-order valence-corrected chi connectivity index (χ1v) is 7.23. The standard InChI is InChI=1S/C18H14FN3O2/c1-22-11-15(17(23)14-4-2-3-5-16(14)22)18(24)21-20-10-12-6-8-13(19)9-7-12/h2-11H,1H3,(H,21,24). The molecule has 0 saturated heterocycles. The van der Waals surface area contributed by atoms with E-state index in [0.717, 1.165) is 5.52 Å². The molecule has 0 aliphatic carbocycles. The van der Waals surface area contributed by atoms with Crippen molar-refractivity contribution in [3.05, 3.63) is 81.9 Å². The summed E-state index contributed by atoms with van der Waals surface area (Å²) in [6, 6.07) is 12.7. The number of para-hydroxylation sites is 1. The van der Waals surface area contributed by atoms with Crippen LogP contribution in [-0.2, 0) is 7.05 Å². The van der Waals surface area contributed by atoms with Crippen molar-refractivity contribution in [3.8, 4) is 0 Å². The molecule has 0 bridgehead atoms. The fourth-order valence-corrected chi connectivity index (χ4v) is 2.38. The lowest BCUT2D eigenvalue weighted by Crippen LogP contribution is -2.26. The highest BCUT2D eigenvalue weighted by molar-refractivity contribution is 5.97. The quantitative estimate of drug-likeness (QED) is 0.594. The molecule has 0 radical (unpaired) electrons. The number of nitrogens with one attached hydrogen (secondary N) is 1. The van der Waals surface area contributed by atoms with E-state index in [0.29, 0.717) is 10.9 Å². The number of aromatic nitrogens is 1. The van der Waals surface area contributed by atoms with Gasteiger partial charge in [-0.25, -0.2) is 9.82 Å². The number of amides is 1. The van der Waals surface area contributed by atoms with Crippen LogP contribution in [0.25, 0.3) is 10.9 Å². The third kappa shape index (κ3) is 3.08.